The molecule has 0 radical (unpaired) electrons. The molecule has 0 fully saturated rings. The van der Waals surface area contributed by atoms with Crippen LogP contribution >= 0.6 is 0 Å². The summed E-state index contributed by atoms with van der Waals surface area (Å²) in [5.41, 5.74) is 1.21. The number of pyridine rings is 1. The van der Waals surface area contributed by atoms with Crippen LogP contribution in [0.4, 0.5) is 0 Å². The molecule has 4 heteroatoms. The minimum absolute atomic E-state index is 0.550. The van der Waals surface area contributed by atoms with Gasteiger partial charge in [-0.15, -0.1) is 0 Å². The van der Waals surface area contributed by atoms with E-state index in [2.05, 4.69) is 16.0 Å². The van der Waals surface area contributed by atoms with Crippen molar-refractivity contribution in [2.45, 2.75) is 13.0 Å². The number of nitriles is 1. The van der Waals surface area contributed by atoms with Gasteiger partial charge in [0.1, 0.15) is 0 Å². The van der Waals surface area contributed by atoms with Crippen molar-refractivity contribution in [3.8, 4) is 6.07 Å². The van der Waals surface area contributed by atoms with Crippen LogP contribution in [0.2, 0.25) is 0 Å². The summed E-state index contributed by atoms with van der Waals surface area (Å²) in [6, 6.07) is 6.15. The fourth-order valence-electron chi connectivity index (χ4n) is 1.44. The summed E-state index contributed by atoms with van der Waals surface area (Å²) in [5.74, 6) is 0. The highest BCUT2D eigenvalue weighted by atomic mass is 16.5. The van der Waals surface area contributed by atoms with E-state index in [-0.39, 0.29) is 0 Å². The predicted molar refractivity (Wildman–Crippen MR) is 61.6 cm³/mol. The Balaban J connectivity index is 2.46. The van der Waals surface area contributed by atoms with Crippen molar-refractivity contribution in [3.05, 3.63) is 30.1 Å². The zero-order valence-electron chi connectivity index (χ0n) is 9.59. The van der Waals surface area contributed by atoms with Crippen molar-refractivity contribution in [3.63, 3.8) is 0 Å². The molecular weight excluding hydrogens is 202 g/mol. The molecule has 0 atom stereocenters. The smallest absolute Gasteiger partial charge is 0.0635 e. The molecular formula is C12H17N3O. The number of ether oxygens (including phenoxy) is 1. The summed E-state index contributed by atoms with van der Waals surface area (Å²) < 4.78 is 5.05. The van der Waals surface area contributed by atoms with Gasteiger partial charge >= 0.3 is 0 Å². The van der Waals surface area contributed by atoms with E-state index >= 15 is 0 Å². The van der Waals surface area contributed by atoms with E-state index in [1.54, 1.807) is 19.5 Å². The Morgan fingerprint density at radius 2 is 2.12 bits per heavy atom. The average Bonchev–Trinajstić information content (AvgIpc) is 2.34. The first-order chi connectivity index (χ1) is 7.86. The Bertz CT molecular complexity index is 321. The third-order valence-corrected chi connectivity index (χ3v) is 2.31. The van der Waals surface area contributed by atoms with Crippen LogP contribution in [-0.4, -0.2) is 36.7 Å². The third-order valence-electron chi connectivity index (χ3n) is 2.31. The molecule has 0 spiro atoms. The van der Waals surface area contributed by atoms with Gasteiger partial charge in [0, 0.05) is 45.6 Å². The van der Waals surface area contributed by atoms with E-state index in [9.17, 15) is 0 Å². The van der Waals surface area contributed by atoms with Gasteiger partial charge in [-0.2, -0.15) is 5.26 Å². The molecule has 1 rings (SSSR count). The van der Waals surface area contributed by atoms with Crippen molar-refractivity contribution in [1.82, 2.24) is 9.88 Å². The molecule has 4 nitrogen and oxygen atoms in total. The lowest BCUT2D eigenvalue weighted by Gasteiger charge is -2.20. The van der Waals surface area contributed by atoms with E-state index in [0.29, 0.717) is 13.0 Å². The average molecular weight is 219 g/mol. The van der Waals surface area contributed by atoms with Crippen LogP contribution in [0.1, 0.15) is 12.0 Å². The van der Waals surface area contributed by atoms with Crippen LogP contribution in [-0.2, 0) is 11.3 Å². The van der Waals surface area contributed by atoms with Gasteiger partial charge < -0.3 is 4.74 Å². The molecule has 1 heterocycles. The lowest BCUT2D eigenvalue weighted by Crippen LogP contribution is -2.27. The van der Waals surface area contributed by atoms with Crippen molar-refractivity contribution in [2.75, 3.05) is 26.8 Å². The summed E-state index contributed by atoms with van der Waals surface area (Å²) in [6.07, 6.45) is 4.12. The van der Waals surface area contributed by atoms with Gasteiger partial charge in [-0.3, -0.25) is 9.88 Å². The quantitative estimate of drug-likeness (QED) is 0.696. The van der Waals surface area contributed by atoms with Crippen molar-refractivity contribution >= 4 is 0 Å². The first-order valence-electron chi connectivity index (χ1n) is 5.34. The van der Waals surface area contributed by atoms with Crippen molar-refractivity contribution < 1.29 is 4.74 Å². The maximum atomic E-state index is 8.59. The van der Waals surface area contributed by atoms with Gasteiger partial charge in [0.25, 0.3) is 0 Å². The van der Waals surface area contributed by atoms with Gasteiger partial charge in [0.05, 0.1) is 12.7 Å². The SMILES string of the molecule is COCCN(CCC#N)Cc1ccncc1. The molecule has 1 aromatic rings. The molecule has 0 aliphatic rings. The van der Waals surface area contributed by atoms with Gasteiger partial charge in [-0.05, 0) is 17.7 Å². The zero-order valence-corrected chi connectivity index (χ0v) is 9.59. The van der Waals surface area contributed by atoms with Crippen LogP contribution in [0.3, 0.4) is 0 Å². The maximum Gasteiger partial charge on any atom is 0.0635 e. The number of methoxy groups -OCH3 is 1. The minimum Gasteiger partial charge on any atom is -0.383 e. The number of nitrogens with zero attached hydrogens (tertiary/aromatic N) is 3. The Hall–Kier alpha value is -1.44. The second-order valence-corrected chi connectivity index (χ2v) is 3.53. The Labute approximate surface area is 96.5 Å². The molecule has 0 N–H and O–H groups in total. The summed E-state index contributed by atoms with van der Waals surface area (Å²) >= 11 is 0. The Kier molecular flexibility index (Phi) is 6.16. The molecule has 0 aromatic carbocycles. The molecule has 0 aliphatic heterocycles. The topological polar surface area (TPSA) is 49.1 Å². The second kappa shape index (κ2) is 7.80. The highest BCUT2D eigenvalue weighted by Crippen LogP contribution is 2.03. The molecule has 0 unspecified atom stereocenters. The molecule has 0 amide bonds. The Morgan fingerprint density at radius 1 is 1.38 bits per heavy atom. The number of rotatable bonds is 7. The van der Waals surface area contributed by atoms with Crippen LogP contribution in [0.15, 0.2) is 24.5 Å². The summed E-state index contributed by atoms with van der Waals surface area (Å²) in [5, 5.41) is 8.59. The molecule has 86 valence electrons. The fraction of sp³-hybridized carbons (Fsp3) is 0.500. The van der Waals surface area contributed by atoms with Gasteiger partial charge in [0.15, 0.2) is 0 Å². The standard InChI is InChI=1S/C12H17N3O/c1-16-10-9-15(8-2-5-13)11-12-3-6-14-7-4-12/h3-4,6-7H,2,8-11H2,1H3. The molecule has 0 aliphatic carbocycles. The monoisotopic (exact) mass is 219 g/mol. The van der Waals surface area contributed by atoms with E-state index in [0.717, 1.165) is 19.6 Å². The molecule has 0 saturated carbocycles. The van der Waals surface area contributed by atoms with Crippen LogP contribution < -0.4 is 0 Å². The molecule has 16 heavy (non-hydrogen) atoms. The zero-order chi connectivity index (χ0) is 11.6. The minimum atomic E-state index is 0.550. The number of aromatic nitrogens is 1. The van der Waals surface area contributed by atoms with Crippen LogP contribution in [0.25, 0.3) is 0 Å². The number of hydrogen-bond donors (Lipinski definition) is 0. The van der Waals surface area contributed by atoms with Crippen molar-refractivity contribution in [1.29, 1.82) is 5.26 Å². The molecule has 1 aromatic heterocycles. The van der Waals surface area contributed by atoms with Gasteiger partial charge in [-0.1, -0.05) is 0 Å². The summed E-state index contributed by atoms with van der Waals surface area (Å²) in [6.45, 7) is 3.16. The summed E-state index contributed by atoms with van der Waals surface area (Å²) in [4.78, 5) is 6.19. The maximum absolute atomic E-state index is 8.59. The van der Waals surface area contributed by atoms with E-state index < -0.39 is 0 Å². The van der Waals surface area contributed by atoms with Crippen molar-refractivity contribution in [2.24, 2.45) is 0 Å². The lowest BCUT2D eigenvalue weighted by molar-refractivity contribution is 0.145. The van der Waals surface area contributed by atoms with E-state index in [1.165, 1.54) is 5.56 Å². The lowest BCUT2D eigenvalue weighted by atomic mass is 10.2. The molecule has 0 bridgehead atoms. The normalized spacial score (nSPS) is 10.3. The first-order valence-corrected chi connectivity index (χ1v) is 5.34. The molecule has 0 saturated heterocycles. The highest BCUT2D eigenvalue weighted by Gasteiger charge is 2.05. The predicted octanol–water partition coefficient (Wildman–Crippen LogP) is 1.44. The second-order valence-electron chi connectivity index (χ2n) is 3.53. The fourth-order valence-corrected chi connectivity index (χ4v) is 1.44. The third kappa shape index (κ3) is 4.87. The highest BCUT2D eigenvalue weighted by molar-refractivity contribution is 5.09. The number of hydrogen-bond acceptors (Lipinski definition) is 4. The Morgan fingerprint density at radius 3 is 2.75 bits per heavy atom. The van der Waals surface area contributed by atoms with E-state index in [1.807, 2.05) is 12.1 Å². The van der Waals surface area contributed by atoms with Crippen LogP contribution in [0.5, 0.6) is 0 Å². The van der Waals surface area contributed by atoms with Gasteiger partial charge in [-0.25, -0.2) is 0 Å². The van der Waals surface area contributed by atoms with E-state index in [4.69, 9.17) is 10.00 Å². The van der Waals surface area contributed by atoms with Crippen LogP contribution in [0, 0.1) is 11.3 Å². The first kappa shape index (κ1) is 12.6. The summed E-state index contributed by atoms with van der Waals surface area (Å²) in [7, 11) is 1.69. The largest absolute Gasteiger partial charge is 0.383 e. The van der Waals surface area contributed by atoms with Gasteiger partial charge in [0.2, 0.25) is 0 Å².